The Balaban J connectivity index is 2.10. The SMILES string of the molecule is O=NCC1=CC=C(c2ccc(CCC(=O)O)cn2)CC=C1. The van der Waals surface area contributed by atoms with Gasteiger partial charge >= 0.3 is 5.97 Å². The first-order valence-corrected chi connectivity index (χ1v) is 6.71. The lowest BCUT2D eigenvalue weighted by molar-refractivity contribution is -0.136. The second-order valence-electron chi connectivity index (χ2n) is 4.77. The standard InChI is InChI=1S/C16H16N2O3/c19-16(20)9-6-13-5-8-15(17-10-13)14-3-1-2-12(4-7-14)11-18-21/h1-2,4-5,7-8,10H,3,6,9,11H2,(H,19,20). The third-order valence-electron chi connectivity index (χ3n) is 3.20. The van der Waals surface area contributed by atoms with Gasteiger partial charge in [-0.15, -0.1) is 0 Å². The second kappa shape index (κ2) is 7.28. The van der Waals surface area contributed by atoms with Crippen LogP contribution in [-0.2, 0) is 11.2 Å². The maximum Gasteiger partial charge on any atom is 0.303 e. The van der Waals surface area contributed by atoms with E-state index in [0.717, 1.165) is 28.8 Å². The van der Waals surface area contributed by atoms with Gasteiger partial charge in [-0.2, -0.15) is 4.91 Å². The van der Waals surface area contributed by atoms with Crippen molar-refractivity contribution in [2.45, 2.75) is 19.3 Å². The van der Waals surface area contributed by atoms with E-state index in [4.69, 9.17) is 5.11 Å². The molecule has 0 atom stereocenters. The fraction of sp³-hybridized carbons (Fsp3) is 0.250. The third-order valence-corrected chi connectivity index (χ3v) is 3.20. The number of carboxylic acid groups (broad SMARTS) is 1. The Morgan fingerprint density at radius 3 is 2.86 bits per heavy atom. The Kier molecular flexibility index (Phi) is 5.15. The molecule has 1 aromatic heterocycles. The van der Waals surface area contributed by atoms with E-state index < -0.39 is 5.97 Å². The van der Waals surface area contributed by atoms with Crippen molar-refractivity contribution >= 4 is 11.5 Å². The number of nitroso groups, excluding NO2 is 1. The van der Waals surface area contributed by atoms with E-state index in [-0.39, 0.29) is 13.0 Å². The Hall–Kier alpha value is -2.56. The van der Waals surface area contributed by atoms with Gasteiger partial charge < -0.3 is 5.11 Å². The minimum Gasteiger partial charge on any atom is -0.481 e. The summed E-state index contributed by atoms with van der Waals surface area (Å²) in [6.45, 7) is 0.168. The lowest BCUT2D eigenvalue weighted by Crippen LogP contribution is -1.98. The molecule has 0 aromatic carbocycles. The van der Waals surface area contributed by atoms with Crippen molar-refractivity contribution in [3.05, 3.63) is 64.4 Å². The van der Waals surface area contributed by atoms with E-state index in [1.165, 1.54) is 0 Å². The fourth-order valence-electron chi connectivity index (χ4n) is 2.05. The van der Waals surface area contributed by atoms with E-state index in [1.807, 2.05) is 36.4 Å². The van der Waals surface area contributed by atoms with Gasteiger partial charge in [-0.1, -0.05) is 35.5 Å². The van der Waals surface area contributed by atoms with Crippen LogP contribution >= 0.6 is 0 Å². The van der Waals surface area contributed by atoms with Crippen molar-refractivity contribution < 1.29 is 9.90 Å². The van der Waals surface area contributed by atoms with Crippen LogP contribution in [0.2, 0.25) is 0 Å². The molecule has 2 rings (SSSR count). The van der Waals surface area contributed by atoms with Crippen molar-refractivity contribution in [1.82, 2.24) is 4.98 Å². The van der Waals surface area contributed by atoms with Gasteiger partial charge in [0.25, 0.3) is 0 Å². The van der Waals surface area contributed by atoms with Crippen LogP contribution in [-0.4, -0.2) is 22.6 Å². The minimum absolute atomic E-state index is 0.108. The topological polar surface area (TPSA) is 79.6 Å². The predicted octanol–water partition coefficient (Wildman–Crippen LogP) is 3.13. The summed E-state index contributed by atoms with van der Waals surface area (Å²) in [6.07, 6.45) is 10.7. The Labute approximate surface area is 122 Å². The molecular weight excluding hydrogens is 268 g/mol. The first-order chi connectivity index (χ1) is 10.2. The summed E-state index contributed by atoms with van der Waals surface area (Å²) in [6, 6.07) is 3.80. The number of aliphatic carboxylic acids is 1. The number of aryl methyl sites for hydroxylation is 1. The lowest BCUT2D eigenvalue weighted by atomic mass is 10.1. The van der Waals surface area contributed by atoms with Gasteiger partial charge in [0, 0.05) is 12.6 Å². The first-order valence-electron chi connectivity index (χ1n) is 6.71. The van der Waals surface area contributed by atoms with E-state index >= 15 is 0 Å². The Morgan fingerprint density at radius 2 is 2.19 bits per heavy atom. The monoisotopic (exact) mass is 284 g/mol. The molecule has 0 unspecified atom stereocenters. The molecule has 5 nitrogen and oxygen atoms in total. The number of carbonyl (C=O) groups is 1. The number of hydrogen-bond acceptors (Lipinski definition) is 4. The smallest absolute Gasteiger partial charge is 0.303 e. The zero-order chi connectivity index (χ0) is 15.1. The van der Waals surface area contributed by atoms with Crippen LogP contribution in [0.15, 0.2) is 53.4 Å². The highest BCUT2D eigenvalue weighted by atomic mass is 16.4. The molecule has 1 heterocycles. The van der Waals surface area contributed by atoms with Gasteiger partial charge in [0.15, 0.2) is 0 Å². The number of rotatable bonds is 6. The molecule has 21 heavy (non-hydrogen) atoms. The number of nitrogens with zero attached hydrogens (tertiary/aromatic N) is 2. The van der Waals surface area contributed by atoms with Crippen molar-refractivity contribution in [1.29, 1.82) is 0 Å². The maximum absolute atomic E-state index is 10.5. The average Bonchev–Trinajstić information content (AvgIpc) is 2.72. The summed E-state index contributed by atoms with van der Waals surface area (Å²) in [4.78, 5) is 25.2. The van der Waals surface area contributed by atoms with Crippen LogP contribution in [0.1, 0.15) is 24.1 Å². The summed E-state index contributed by atoms with van der Waals surface area (Å²) in [5.41, 5.74) is 3.69. The molecule has 0 spiro atoms. The van der Waals surface area contributed by atoms with Gasteiger partial charge in [-0.3, -0.25) is 9.78 Å². The quantitative estimate of drug-likeness (QED) is 0.814. The first kappa shape index (κ1) is 14.8. The zero-order valence-corrected chi connectivity index (χ0v) is 11.5. The Morgan fingerprint density at radius 1 is 1.33 bits per heavy atom. The van der Waals surface area contributed by atoms with E-state index in [0.29, 0.717) is 6.42 Å². The van der Waals surface area contributed by atoms with Crippen LogP contribution in [0.3, 0.4) is 0 Å². The van der Waals surface area contributed by atoms with Crippen LogP contribution < -0.4 is 0 Å². The van der Waals surface area contributed by atoms with Crippen LogP contribution in [0.25, 0.3) is 5.57 Å². The largest absolute Gasteiger partial charge is 0.481 e. The molecule has 1 aromatic rings. The highest BCUT2D eigenvalue weighted by molar-refractivity contribution is 5.68. The number of hydrogen-bond donors (Lipinski definition) is 1. The summed E-state index contributed by atoms with van der Waals surface area (Å²) in [7, 11) is 0. The van der Waals surface area contributed by atoms with Gasteiger partial charge in [-0.25, -0.2) is 0 Å². The molecule has 0 bridgehead atoms. The molecule has 108 valence electrons. The van der Waals surface area contributed by atoms with Crippen LogP contribution in [0.4, 0.5) is 0 Å². The fourth-order valence-corrected chi connectivity index (χ4v) is 2.05. The molecule has 0 saturated heterocycles. The summed E-state index contributed by atoms with van der Waals surface area (Å²) >= 11 is 0. The lowest BCUT2D eigenvalue weighted by Gasteiger charge is -2.04. The molecule has 0 radical (unpaired) electrons. The minimum atomic E-state index is -0.808. The molecule has 0 aliphatic heterocycles. The zero-order valence-electron chi connectivity index (χ0n) is 11.5. The predicted molar refractivity (Wildman–Crippen MR) is 80.7 cm³/mol. The summed E-state index contributed by atoms with van der Waals surface area (Å²) < 4.78 is 0. The molecule has 1 aliphatic rings. The highest BCUT2D eigenvalue weighted by Crippen LogP contribution is 2.21. The second-order valence-corrected chi connectivity index (χ2v) is 4.77. The number of carboxylic acids is 1. The maximum atomic E-state index is 10.5. The van der Waals surface area contributed by atoms with Crippen molar-refractivity contribution in [2.24, 2.45) is 5.18 Å². The average molecular weight is 284 g/mol. The number of aromatic nitrogens is 1. The molecule has 0 amide bonds. The van der Waals surface area contributed by atoms with Gasteiger partial charge in [0.05, 0.1) is 5.69 Å². The van der Waals surface area contributed by atoms with Crippen LogP contribution in [0.5, 0.6) is 0 Å². The van der Waals surface area contributed by atoms with Crippen molar-refractivity contribution in [3.63, 3.8) is 0 Å². The highest BCUT2D eigenvalue weighted by Gasteiger charge is 2.05. The normalized spacial score (nSPS) is 14.1. The van der Waals surface area contributed by atoms with Crippen molar-refractivity contribution in [2.75, 3.05) is 6.54 Å². The Bertz CT molecular complexity index is 613. The van der Waals surface area contributed by atoms with Gasteiger partial charge in [-0.05, 0) is 35.6 Å². The van der Waals surface area contributed by atoms with E-state index in [9.17, 15) is 9.70 Å². The van der Waals surface area contributed by atoms with Crippen LogP contribution in [0, 0.1) is 4.91 Å². The third kappa shape index (κ3) is 4.49. The molecule has 5 heteroatoms. The molecule has 0 saturated carbocycles. The van der Waals surface area contributed by atoms with Gasteiger partial charge in [0.1, 0.15) is 6.54 Å². The number of pyridine rings is 1. The molecule has 1 aliphatic carbocycles. The number of allylic oxidation sites excluding steroid dienone is 4. The van der Waals surface area contributed by atoms with E-state index in [1.54, 1.807) is 6.20 Å². The summed E-state index contributed by atoms with van der Waals surface area (Å²) in [5.74, 6) is -0.808. The molecule has 0 fully saturated rings. The summed E-state index contributed by atoms with van der Waals surface area (Å²) in [5, 5.41) is 11.5. The van der Waals surface area contributed by atoms with Gasteiger partial charge in [0.2, 0.25) is 0 Å². The molecule has 1 N–H and O–H groups in total. The molecular formula is C16H16N2O3. The van der Waals surface area contributed by atoms with Crippen molar-refractivity contribution in [3.8, 4) is 0 Å². The van der Waals surface area contributed by atoms with E-state index in [2.05, 4.69) is 10.2 Å².